The molecule has 0 saturated heterocycles. The predicted molar refractivity (Wildman–Crippen MR) is 93.6 cm³/mol. The van der Waals surface area contributed by atoms with Crippen molar-refractivity contribution in [3.8, 4) is 5.75 Å². The van der Waals surface area contributed by atoms with Crippen LogP contribution in [0.15, 0.2) is 54.6 Å². The van der Waals surface area contributed by atoms with Crippen molar-refractivity contribution < 1.29 is 9.53 Å². The number of hydrogen-bond acceptors (Lipinski definition) is 3. The van der Waals surface area contributed by atoms with Crippen LogP contribution in [0.4, 0.5) is 5.69 Å². The Kier molecular flexibility index (Phi) is 6.63. The molecule has 2 aromatic carbocycles. The normalized spacial score (nSPS) is 10.6. The van der Waals surface area contributed by atoms with Gasteiger partial charge in [-0.05, 0) is 29.8 Å². The van der Waals surface area contributed by atoms with Crippen molar-refractivity contribution in [3.05, 3.63) is 60.2 Å². The molecule has 0 unspecified atom stereocenters. The van der Waals surface area contributed by atoms with E-state index in [1.54, 1.807) is 0 Å². The number of amides is 1. The molecule has 0 spiro atoms. The summed E-state index contributed by atoms with van der Waals surface area (Å²) in [5, 5.41) is 6.10. The van der Waals surface area contributed by atoms with Crippen molar-refractivity contribution in [2.24, 2.45) is 0 Å². The summed E-state index contributed by atoms with van der Waals surface area (Å²) in [5.74, 6) is 0.796. The fourth-order valence-electron chi connectivity index (χ4n) is 2.07. The van der Waals surface area contributed by atoms with Crippen molar-refractivity contribution in [2.75, 3.05) is 11.9 Å². The van der Waals surface area contributed by atoms with Crippen LogP contribution >= 0.6 is 0 Å². The molecule has 4 heteroatoms. The molecular weight excluding hydrogens is 288 g/mol. The maximum absolute atomic E-state index is 11.8. The van der Waals surface area contributed by atoms with Crippen molar-refractivity contribution in [2.45, 2.75) is 32.9 Å². The van der Waals surface area contributed by atoms with Gasteiger partial charge < -0.3 is 15.4 Å². The monoisotopic (exact) mass is 312 g/mol. The van der Waals surface area contributed by atoms with E-state index in [9.17, 15) is 4.79 Å². The highest BCUT2D eigenvalue weighted by Gasteiger charge is 2.03. The molecule has 0 saturated carbocycles. The Morgan fingerprint density at radius 3 is 2.39 bits per heavy atom. The lowest BCUT2D eigenvalue weighted by Gasteiger charge is -2.10. The van der Waals surface area contributed by atoms with Crippen LogP contribution in [0.3, 0.4) is 0 Å². The fraction of sp³-hybridized carbons (Fsp3) is 0.316. The van der Waals surface area contributed by atoms with Crippen LogP contribution in [0.1, 0.15) is 25.8 Å². The fourth-order valence-corrected chi connectivity index (χ4v) is 2.07. The Morgan fingerprint density at radius 1 is 1.04 bits per heavy atom. The Labute approximate surface area is 137 Å². The summed E-state index contributed by atoms with van der Waals surface area (Å²) in [6.07, 6.45) is 0.463. The summed E-state index contributed by atoms with van der Waals surface area (Å²) in [4.78, 5) is 11.8. The topological polar surface area (TPSA) is 50.4 Å². The zero-order valence-corrected chi connectivity index (χ0v) is 13.7. The Hall–Kier alpha value is -2.33. The number of benzene rings is 2. The number of carbonyl (C=O) groups is 1. The van der Waals surface area contributed by atoms with Gasteiger partial charge in [-0.15, -0.1) is 0 Å². The van der Waals surface area contributed by atoms with Crippen LogP contribution < -0.4 is 15.4 Å². The summed E-state index contributed by atoms with van der Waals surface area (Å²) in [6.45, 7) is 5.34. The minimum Gasteiger partial charge on any atom is -0.489 e. The van der Waals surface area contributed by atoms with Crippen LogP contribution in [-0.4, -0.2) is 18.5 Å². The SMILES string of the molecule is CC(C)NCCC(=O)Nc1ccc(OCc2ccccc2)cc1. The summed E-state index contributed by atoms with van der Waals surface area (Å²) in [7, 11) is 0. The van der Waals surface area contributed by atoms with E-state index < -0.39 is 0 Å². The van der Waals surface area contributed by atoms with Gasteiger partial charge in [-0.3, -0.25) is 4.79 Å². The van der Waals surface area contributed by atoms with Gasteiger partial charge in [0.25, 0.3) is 0 Å². The Balaban J connectivity index is 1.76. The average Bonchev–Trinajstić information content (AvgIpc) is 2.55. The third-order valence-corrected chi connectivity index (χ3v) is 3.29. The molecule has 122 valence electrons. The molecule has 0 aromatic heterocycles. The van der Waals surface area contributed by atoms with E-state index >= 15 is 0 Å². The number of carbonyl (C=O) groups excluding carboxylic acids is 1. The van der Waals surface area contributed by atoms with Crippen molar-refractivity contribution in [1.82, 2.24) is 5.32 Å². The minimum atomic E-state index is 0.0103. The number of anilines is 1. The van der Waals surface area contributed by atoms with Gasteiger partial charge in [-0.2, -0.15) is 0 Å². The third kappa shape index (κ3) is 6.53. The molecular formula is C19H24N2O2. The van der Waals surface area contributed by atoms with Crippen molar-refractivity contribution in [1.29, 1.82) is 0 Å². The molecule has 4 nitrogen and oxygen atoms in total. The van der Waals surface area contributed by atoms with Gasteiger partial charge in [0.05, 0.1) is 0 Å². The van der Waals surface area contributed by atoms with Gasteiger partial charge in [0.2, 0.25) is 5.91 Å². The quantitative estimate of drug-likeness (QED) is 0.783. The summed E-state index contributed by atoms with van der Waals surface area (Å²) < 4.78 is 5.72. The maximum Gasteiger partial charge on any atom is 0.225 e. The van der Waals surface area contributed by atoms with Crippen LogP contribution in [0.2, 0.25) is 0 Å². The highest BCUT2D eigenvalue weighted by atomic mass is 16.5. The van der Waals surface area contributed by atoms with E-state index in [2.05, 4.69) is 24.5 Å². The molecule has 0 heterocycles. The van der Waals surface area contributed by atoms with Crippen molar-refractivity contribution in [3.63, 3.8) is 0 Å². The van der Waals surface area contributed by atoms with Crippen LogP contribution in [-0.2, 0) is 11.4 Å². The first kappa shape index (κ1) is 17.0. The molecule has 2 aromatic rings. The largest absolute Gasteiger partial charge is 0.489 e. The van der Waals surface area contributed by atoms with E-state index in [1.165, 1.54) is 0 Å². The minimum absolute atomic E-state index is 0.0103. The van der Waals surface area contributed by atoms with Gasteiger partial charge in [0.1, 0.15) is 12.4 Å². The zero-order chi connectivity index (χ0) is 16.5. The molecule has 0 aliphatic rings. The second kappa shape index (κ2) is 8.96. The second-order valence-corrected chi connectivity index (χ2v) is 5.71. The van der Waals surface area contributed by atoms with E-state index in [4.69, 9.17) is 4.74 Å². The Morgan fingerprint density at radius 2 is 1.74 bits per heavy atom. The van der Waals surface area contributed by atoms with Gasteiger partial charge in [-0.1, -0.05) is 44.2 Å². The van der Waals surface area contributed by atoms with Gasteiger partial charge in [0.15, 0.2) is 0 Å². The zero-order valence-electron chi connectivity index (χ0n) is 13.7. The first-order chi connectivity index (χ1) is 11.1. The van der Waals surface area contributed by atoms with E-state index in [0.717, 1.165) is 17.0 Å². The molecule has 0 bridgehead atoms. The molecule has 2 rings (SSSR count). The van der Waals surface area contributed by atoms with E-state index in [-0.39, 0.29) is 5.91 Å². The molecule has 23 heavy (non-hydrogen) atoms. The first-order valence-corrected chi connectivity index (χ1v) is 7.93. The summed E-state index contributed by atoms with van der Waals surface area (Å²) in [5.41, 5.74) is 1.91. The number of rotatable bonds is 8. The van der Waals surface area contributed by atoms with Crippen LogP contribution in [0.5, 0.6) is 5.75 Å². The summed E-state index contributed by atoms with van der Waals surface area (Å²) in [6, 6.07) is 17.9. The lowest BCUT2D eigenvalue weighted by Crippen LogP contribution is -2.27. The van der Waals surface area contributed by atoms with Gasteiger partial charge in [-0.25, -0.2) is 0 Å². The number of hydrogen-bond donors (Lipinski definition) is 2. The smallest absolute Gasteiger partial charge is 0.225 e. The maximum atomic E-state index is 11.8. The number of nitrogens with one attached hydrogen (secondary N) is 2. The van der Waals surface area contributed by atoms with Crippen LogP contribution in [0, 0.1) is 0 Å². The van der Waals surface area contributed by atoms with E-state index in [0.29, 0.717) is 25.6 Å². The standard InChI is InChI=1S/C19H24N2O2/c1-15(2)20-13-12-19(22)21-17-8-10-18(11-9-17)23-14-16-6-4-3-5-7-16/h3-11,15,20H,12-14H2,1-2H3,(H,21,22). The molecule has 1 amide bonds. The highest BCUT2D eigenvalue weighted by Crippen LogP contribution is 2.17. The molecule has 0 atom stereocenters. The average molecular weight is 312 g/mol. The van der Waals surface area contributed by atoms with E-state index in [1.807, 2.05) is 54.6 Å². The van der Waals surface area contributed by atoms with Gasteiger partial charge >= 0.3 is 0 Å². The molecule has 0 aliphatic carbocycles. The van der Waals surface area contributed by atoms with Gasteiger partial charge in [0, 0.05) is 24.7 Å². The highest BCUT2D eigenvalue weighted by molar-refractivity contribution is 5.90. The molecule has 0 fully saturated rings. The lowest BCUT2D eigenvalue weighted by molar-refractivity contribution is -0.116. The first-order valence-electron chi connectivity index (χ1n) is 7.93. The predicted octanol–water partition coefficient (Wildman–Crippen LogP) is 3.59. The lowest BCUT2D eigenvalue weighted by atomic mass is 10.2. The Bertz CT molecular complexity index is 595. The molecule has 2 N–H and O–H groups in total. The van der Waals surface area contributed by atoms with Crippen molar-refractivity contribution >= 4 is 11.6 Å². The van der Waals surface area contributed by atoms with Crippen LogP contribution in [0.25, 0.3) is 0 Å². The second-order valence-electron chi connectivity index (χ2n) is 5.71. The third-order valence-electron chi connectivity index (χ3n) is 3.29. The molecule has 0 aliphatic heterocycles. The number of ether oxygens (including phenoxy) is 1. The molecule has 0 radical (unpaired) electrons. The summed E-state index contributed by atoms with van der Waals surface area (Å²) >= 11 is 0.